The molecule has 0 aliphatic heterocycles. The second kappa shape index (κ2) is 4.52. The molecule has 0 aromatic heterocycles. The normalized spacial score (nSPS) is 14.3. The van der Waals surface area contributed by atoms with Crippen molar-refractivity contribution in [2.24, 2.45) is 5.92 Å². The summed E-state index contributed by atoms with van der Waals surface area (Å²) < 4.78 is 0. The average Bonchev–Trinajstić information content (AvgIpc) is 2.15. The molecule has 15 heavy (non-hydrogen) atoms. The van der Waals surface area contributed by atoms with Gasteiger partial charge in [0, 0.05) is 0 Å². The first-order valence-corrected chi connectivity index (χ1v) is 9.43. The van der Waals surface area contributed by atoms with Gasteiger partial charge in [0.1, 0.15) is 0 Å². The lowest BCUT2D eigenvalue weighted by Crippen LogP contribution is -2.37. The summed E-state index contributed by atoms with van der Waals surface area (Å²) in [6.45, 7) is 14.1. The van der Waals surface area contributed by atoms with E-state index in [2.05, 4.69) is 64.7 Å². The fraction of sp³-hybridized carbons (Fsp3) is 0.571. The van der Waals surface area contributed by atoms with Crippen LogP contribution in [0.2, 0.25) is 19.6 Å². The van der Waals surface area contributed by atoms with Gasteiger partial charge >= 0.3 is 0 Å². The molecule has 0 heterocycles. The quantitative estimate of drug-likeness (QED) is 0.676. The van der Waals surface area contributed by atoms with Crippen molar-refractivity contribution in [2.75, 3.05) is 0 Å². The van der Waals surface area contributed by atoms with Gasteiger partial charge in [-0.1, -0.05) is 69.9 Å². The Labute approximate surface area is 95.7 Å². The SMILES string of the molecule is CC(C)C(C)c1ccc([Si](C)(C)C)cc1. The molecule has 1 aromatic rings. The van der Waals surface area contributed by atoms with Gasteiger partial charge in [-0.15, -0.1) is 0 Å². The molecule has 0 nitrogen and oxygen atoms in total. The molecule has 0 amide bonds. The Morgan fingerprint density at radius 3 is 1.67 bits per heavy atom. The van der Waals surface area contributed by atoms with Gasteiger partial charge in [-0.3, -0.25) is 0 Å². The van der Waals surface area contributed by atoms with Gasteiger partial charge in [-0.25, -0.2) is 0 Å². The molecule has 1 atom stereocenters. The predicted octanol–water partition coefficient (Wildman–Crippen LogP) is 3.99. The first-order valence-electron chi connectivity index (χ1n) is 5.93. The van der Waals surface area contributed by atoms with E-state index in [0.717, 1.165) is 5.92 Å². The molecule has 0 aliphatic rings. The summed E-state index contributed by atoms with van der Waals surface area (Å²) in [6.07, 6.45) is 0. The zero-order valence-corrected chi connectivity index (χ0v) is 12.0. The number of hydrogen-bond donors (Lipinski definition) is 0. The van der Waals surface area contributed by atoms with Crippen molar-refractivity contribution in [3.63, 3.8) is 0 Å². The Bertz CT molecular complexity index is 303. The van der Waals surface area contributed by atoms with Crippen LogP contribution in [0.5, 0.6) is 0 Å². The molecular formula is C14H24Si. The summed E-state index contributed by atoms with van der Waals surface area (Å²) in [5, 5.41) is 1.56. The Hall–Kier alpha value is -0.563. The Kier molecular flexibility index (Phi) is 3.77. The average molecular weight is 220 g/mol. The first kappa shape index (κ1) is 12.5. The zero-order chi connectivity index (χ0) is 11.6. The molecular weight excluding hydrogens is 196 g/mol. The maximum Gasteiger partial charge on any atom is 0.0775 e. The maximum absolute atomic E-state index is 2.40. The van der Waals surface area contributed by atoms with Crippen LogP contribution in [-0.2, 0) is 0 Å². The van der Waals surface area contributed by atoms with Gasteiger partial charge in [0.2, 0.25) is 0 Å². The van der Waals surface area contributed by atoms with Gasteiger partial charge in [0.05, 0.1) is 8.07 Å². The molecule has 0 N–H and O–H groups in total. The van der Waals surface area contributed by atoms with Crippen LogP contribution in [0, 0.1) is 5.92 Å². The Morgan fingerprint density at radius 1 is 0.867 bits per heavy atom. The third-order valence-corrected chi connectivity index (χ3v) is 5.37. The van der Waals surface area contributed by atoms with E-state index in [-0.39, 0.29) is 0 Å². The number of benzene rings is 1. The minimum atomic E-state index is -1.12. The fourth-order valence-corrected chi connectivity index (χ4v) is 2.84. The Balaban J connectivity index is 2.91. The Morgan fingerprint density at radius 2 is 1.33 bits per heavy atom. The van der Waals surface area contributed by atoms with Crippen molar-refractivity contribution in [2.45, 2.75) is 46.3 Å². The lowest BCUT2D eigenvalue weighted by Gasteiger charge is -2.20. The van der Waals surface area contributed by atoms with Crippen molar-refractivity contribution in [3.05, 3.63) is 29.8 Å². The summed E-state index contributed by atoms with van der Waals surface area (Å²) >= 11 is 0. The van der Waals surface area contributed by atoms with Gasteiger partial charge in [0.25, 0.3) is 0 Å². The minimum absolute atomic E-state index is 0.667. The van der Waals surface area contributed by atoms with E-state index in [1.54, 1.807) is 5.19 Å². The van der Waals surface area contributed by atoms with E-state index in [0.29, 0.717) is 5.92 Å². The van der Waals surface area contributed by atoms with Crippen molar-refractivity contribution in [3.8, 4) is 0 Å². The third-order valence-electron chi connectivity index (χ3n) is 3.30. The molecule has 0 saturated heterocycles. The molecule has 0 aliphatic carbocycles. The molecule has 84 valence electrons. The van der Waals surface area contributed by atoms with E-state index in [9.17, 15) is 0 Å². The molecule has 0 saturated carbocycles. The van der Waals surface area contributed by atoms with Crippen LogP contribution in [0.25, 0.3) is 0 Å². The molecule has 1 aromatic carbocycles. The van der Waals surface area contributed by atoms with E-state index in [4.69, 9.17) is 0 Å². The summed E-state index contributed by atoms with van der Waals surface area (Å²) in [5.41, 5.74) is 1.48. The van der Waals surface area contributed by atoms with Crippen molar-refractivity contribution < 1.29 is 0 Å². The maximum atomic E-state index is 2.40. The van der Waals surface area contributed by atoms with E-state index < -0.39 is 8.07 Å². The lowest BCUT2D eigenvalue weighted by molar-refractivity contribution is 0.535. The van der Waals surface area contributed by atoms with Gasteiger partial charge < -0.3 is 0 Å². The first-order chi connectivity index (χ1) is 6.82. The molecule has 1 rings (SSSR count). The smallest absolute Gasteiger partial charge is 0.0656 e. The highest BCUT2D eigenvalue weighted by Crippen LogP contribution is 2.22. The highest BCUT2D eigenvalue weighted by molar-refractivity contribution is 6.88. The molecule has 0 radical (unpaired) electrons. The van der Waals surface area contributed by atoms with E-state index in [1.165, 1.54) is 5.56 Å². The lowest BCUT2D eigenvalue weighted by atomic mass is 9.90. The summed E-state index contributed by atoms with van der Waals surface area (Å²) in [7, 11) is -1.12. The van der Waals surface area contributed by atoms with Crippen molar-refractivity contribution in [1.29, 1.82) is 0 Å². The second-order valence-corrected chi connectivity index (χ2v) is 11.0. The monoisotopic (exact) mass is 220 g/mol. The van der Waals surface area contributed by atoms with Crippen molar-refractivity contribution >= 4 is 13.3 Å². The van der Waals surface area contributed by atoms with Crippen LogP contribution in [0.1, 0.15) is 32.3 Å². The van der Waals surface area contributed by atoms with Gasteiger partial charge in [0.15, 0.2) is 0 Å². The highest BCUT2D eigenvalue weighted by Gasteiger charge is 2.16. The van der Waals surface area contributed by atoms with Crippen LogP contribution in [0.4, 0.5) is 0 Å². The van der Waals surface area contributed by atoms with Gasteiger partial charge in [-0.2, -0.15) is 0 Å². The molecule has 0 bridgehead atoms. The molecule has 1 unspecified atom stereocenters. The standard InChI is InChI=1S/C14H24Si/c1-11(2)12(3)13-7-9-14(10-8-13)15(4,5)6/h7-12H,1-6H3. The second-order valence-electron chi connectivity index (χ2n) is 5.90. The zero-order valence-electron chi connectivity index (χ0n) is 11.0. The molecule has 0 fully saturated rings. The van der Waals surface area contributed by atoms with Crippen LogP contribution in [0.3, 0.4) is 0 Å². The van der Waals surface area contributed by atoms with Crippen LogP contribution < -0.4 is 5.19 Å². The molecule has 1 heteroatoms. The van der Waals surface area contributed by atoms with E-state index in [1.807, 2.05) is 0 Å². The summed E-state index contributed by atoms with van der Waals surface area (Å²) in [5.74, 6) is 1.39. The van der Waals surface area contributed by atoms with Crippen LogP contribution in [0.15, 0.2) is 24.3 Å². The van der Waals surface area contributed by atoms with Gasteiger partial charge in [-0.05, 0) is 17.4 Å². The predicted molar refractivity (Wildman–Crippen MR) is 72.7 cm³/mol. The van der Waals surface area contributed by atoms with Crippen molar-refractivity contribution in [1.82, 2.24) is 0 Å². The fourth-order valence-electron chi connectivity index (χ4n) is 1.67. The topological polar surface area (TPSA) is 0 Å². The summed E-state index contributed by atoms with van der Waals surface area (Å²) in [6, 6.07) is 9.30. The largest absolute Gasteiger partial charge is 0.0775 e. The van der Waals surface area contributed by atoms with E-state index >= 15 is 0 Å². The third kappa shape index (κ3) is 3.20. The number of hydrogen-bond acceptors (Lipinski definition) is 0. The summed E-state index contributed by atoms with van der Waals surface area (Å²) in [4.78, 5) is 0. The molecule has 0 spiro atoms. The van der Waals surface area contributed by atoms with Crippen LogP contribution >= 0.6 is 0 Å². The highest BCUT2D eigenvalue weighted by atomic mass is 28.3. The number of rotatable bonds is 3. The van der Waals surface area contributed by atoms with Crippen LogP contribution in [-0.4, -0.2) is 8.07 Å². The minimum Gasteiger partial charge on any atom is -0.0656 e.